The summed E-state index contributed by atoms with van der Waals surface area (Å²) in [7, 11) is 0. The van der Waals surface area contributed by atoms with E-state index in [-0.39, 0.29) is 17.6 Å². The van der Waals surface area contributed by atoms with Gasteiger partial charge in [0.15, 0.2) is 5.82 Å². The molecule has 150 valence electrons. The van der Waals surface area contributed by atoms with Crippen LogP contribution in [0.1, 0.15) is 24.2 Å². The van der Waals surface area contributed by atoms with Gasteiger partial charge in [-0.05, 0) is 49.6 Å². The summed E-state index contributed by atoms with van der Waals surface area (Å²) in [6.07, 6.45) is 3.20. The van der Waals surface area contributed by atoms with Crippen molar-refractivity contribution in [2.45, 2.75) is 26.3 Å². The molecule has 3 heterocycles. The number of benzene rings is 1. The third-order valence-electron chi connectivity index (χ3n) is 5.09. The number of pyridine rings is 1. The number of nitrogens with one attached hydrogen (secondary N) is 1. The number of hydrogen-bond acceptors (Lipinski definition) is 6. The maximum absolute atomic E-state index is 13.0. The van der Waals surface area contributed by atoms with Crippen molar-refractivity contribution in [2.75, 3.05) is 18.0 Å². The molecule has 1 saturated heterocycles. The molecule has 0 radical (unpaired) electrons. The molecule has 1 aliphatic heterocycles. The fourth-order valence-corrected chi connectivity index (χ4v) is 3.51. The predicted octanol–water partition coefficient (Wildman–Crippen LogP) is 3.11. The summed E-state index contributed by atoms with van der Waals surface area (Å²) in [6, 6.07) is 9.91. The van der Waals surface area contributed by atoms with Crippen LogP contribution in [-0.2, 0) is 11.3 Å². The van der Waals surface area contributed by atoms with Gasteiger partial charge >= 0.3 is 0 Å². The third-order valence-corrected chi connectivity index (χ3v) is 5.09. The van der Waals surface area contributed by atoms with Crippen LogP contribution < -0.4 is 10.2 Å². The minimum Gasteiger partial charge on any atom is -0.356 e. The van der Waals surface area contributed by atoms with E-state index in [0.29, 0.717) is 31.3 Å². The second-order valence-corrected chi connectivity index (χ2v) is 7.13. The first-order valence-electron chi connectivity index (χ1n) is 9.63. The van der Waals surface area contributed by atoms with E-state index in [0.717, 1.165) is 29.8 Å². The van der Waals surface area contributed by atoms with Crippen molar-refractivity contribution in [1.82, 2.24) is 20.4 Å². The number of amides is 1. The second kappa shape index (κ2) is 8.38. The second-order valence-electron chi connectivity index (χ2n) is 7.13. The SMILES string of the molecule is Cc1noc(-c2cccnc2N2CCC(C(=O)NCc3ccc(F)cc3)CC2)n1. The topological polar surface area (TPSA) is 84.2 Å². The molecule has 1 aliphatic rings. The Morgan fingerprint density at radius 1 is 1.24 bits per heavy atom. The highest BCUT2D eigenvalue weighted by molar-refractivity contribution is 5.79. The molecule has 0 spiro atoms. The molecule has 8 heteroatoms. The van der Waals surface area contributed by atoms with Gasteiger partial charge in [0.25, 0.3) is 5.89 Å². The average Bonchev–Trinajstić information content (AvgIpc) is 3.19. The monoisotopic (exact) mass is 395 g/mol. The number of halogens is 1. The van der Waals surface area contributed by atoms with Crippen LogP contribution in [0.5, 0.6) is 0 Å². The number of nitrogens with zero attached hydrogens (tertiary/aromatic N) is 4. The molecule has 7 nitrogen and oxygen atoms in total. The summed E-state index contributed by atoms with van der Waals surface area (Å²) in [5, 5.41) is 6.81. The summed E-state index contributed by atoms with van der Waals surface area (Å²) >= 11 is 0. The molecule has 4 rings (SSSR count). The Balaban J connectivity index is 1.36. The van der Waals surface area contributed by atoms with Gasteiger partial charge in [-0.2, -0.15) is 4.98 Å². The number of rotatable bonds is 5. The van der Waals surface area contributed by atoms with E-state index in [2.05, 4.69) is 25.3 Å². The summed E-state index contributed by atoms with van der Waals surface area (Å²) in [6.45, 7) is 3.61. The van der Waals surface area contributed by atoms with Crippen LogP contribution in [0.4, 0.5) is 10.2 Å². The number of aryl methyl sites for hydroxylation is 1. The normalized spacial score (nSPS) is 14.8. The van der Waals surface area contributed by atoms with Gasteiger partial charge in [-0.25, -0.2) is 9.37 Å². The lowest BCUT2D eigenvalue weighted by Gasteiger charge is -2.32. The molecule has 29 heavy (non-hydrogen) atoms. The molecule has 0 bridgehead atoms. The molecule has 0 atom stereocenters. The summed E-state index contributed by atoms with van der Waals surface area (Å²) < 4.78 is 18.3. The van der Waals surface area contributed by atoms with Gasteiger partial charge in [0.2, 0.25) is 5.91 Å². The van der Waals surface area contributed by atoms with E-state index >= 15 is 0 Å². The van der Waals surface area contributed by atoms with Crippen molar-refractivity contribution < 1.29 is 13.7 Å². The van der Waals surface area contributed by atoms with E-state index in [9.17, 15) is 9.18 Å². The number of anilines is 1. The minimum atomic E-state index is -0.281. The molecular formula is C21H22FN5O2. The van der Waals surface area contributed by atoms with Crippen molar-refractivity contribution in [3.8, 4) is 11.5 Å². The Morgan fingerprint density at radius 2 is 2.00 bits per heavy atom. The predicted molar refractivity (Wildman–Crippen MR) is 105 cm³/mol. The molecule has 1 aromatic carbocycles. The van der Waals surface area contributed by atoms with Gasteiger partial charge in [0.1, 0.15) is 11.6 Å². The summed E-state index contributed by atoms with van der Waals surface area (Å²) in [5.41, 5.74) is 1.68. The van der Waals surface area contributed by atoms with Crippen LogP contribution in [0, 0.1) is 18.7 Å². The Hall–Kier alpha value is -3.29. The van der Waals surface area contributed by atoms with Crippen molar-refractivity contribution >= 4 is 11.7 Å². The highest BCUT2D eigenvalue weighted by Gasteiger charge is 2.27. The fraction of sp³-hybridized carbons (Fsp3) is 0.333. The molecule has 2 aromatic heterocycles. The maximum atomic E-state index is 13.0. The highest BCUT2D eigenvalue weighted by atomic mass is 19.1. The fourth-order valence-electron chi connectivity index (χ4n) is 3.51. The first-order chi connectivity index (χ1) is 14.1. The zero-order valence-electron chi connectivity index (χ0n) is 16.1. The van der Waals surface area contributed by atoms with Gasteiger partial charge in [0, 0.05) is 31.7 Å². The number of carbonyl (C=O) groups is 1. The Labute approximate surface area is 168 Å². The van der Waals surface area contributed by atoms with Crippen LogP contribution in [-0.4, -0.2) is 34.1 Å². The van der Waals surface area contributed by atoms with E-state index < -0.39 is 0 Å². The molecule has 0 aliphatic carbocycles. The van der Waals surface area contributed by atoms with E-state index in [1.54, 1.807) is 25.3 Å². The lowest BCUT2D eigenvalue weighted by molar-refractivity contribution is -0.125. The van der Waals surface area contributed by atoms with Crippen molar-refractivity contribution in [2.24, 2.45) is 5.92 Å². The van der Waals surface area contributed by atoms with Crippen LogP contribution in [0.3, 0.4) is 0 Å². The zero-order valence-corrected chi connectivity index (χ0v) is 16.1. The van der Waals surface area contributed by atoms with Crippen LogP contribution >= 0.6 is 0 Å². The average molecular weight is 395 g/mol. The molecule has 1 fully saturated rings. The maximum Gasteiger partial charge on any atom is 0.261 e. The van der Waals surface area contributed by atoms with E-state index in [4.69, 9.17) is 4.52 Å². The molecule has 0 unspecified atom stereocenters. The van der Waals surface area contributed by atoms with E-state index in [1.807, 2.05) is 12.1 Å². The van der Waals surface area contributed by atoms with Gasteiger partial charge < -0.3 is 14.7 Å². The molecule has 1 amide bonds. The standard InChI is InChI=1S/C21H22FN5O2/c1-14-25-21(29-26-14)18-3-2-10-23-19(18)27-11-8-16(9-12-27)20(28)24-13-15-4-6-17(22)7-5-15/h2-7,10,16H,8-9,11-13H2,1H3,(H,24,28). The van der Waals surface area contributed by atoms with Crippen LogP contribution in [0.2, 0.25) is 0 Å². The van der Waals surface area contributed by atoms with Crippen molar-refractivity contribution in [3.63, 3.8) is 0 Å². The smallest absolute Gasteiger partial charge is 0.261 e. The minimum absolute atomic E-state index is 0.0303. The number of piperidine rings is 1. The number of aromatic nitrogens is 3. The first-order valence-corrected chi connectivity index (χ1v) is 9.63. The Kier molecular flexibility index (Phi) is 5.50. The van der Waals surface area contributed by atoms with Gasteiger partial charge in [0.05, 0.1) is 5.56 Å². The summed E-state index contributed by atoms with van der Waals surface area (Å²) in [4.78, 5) is 23.5. The molecule has 0 saturated carbocycles. The third kappa shape index (κ3) is 4.42. The highest BCUT2D eigenvalue weighted by Crippen LogP contribution is 2.30. The number of carbonyl (C=O) groups excluding carboxylic acids is 1. The molecule has 3 aromatic rings. The Morgan fingerprint density at radius 3 is 2.69 bits per heavy atom. The zero-order chi connectivity index (χ0) is 20.2. The van der Waals surface area contributed by atoms with Gasteiger partial charge in [-0.1, -0.05) is 17.3 Å². The van der Waals surface area contributed by atoms with Crippen LogP contribution in [0.25, 0.3) is 11.5 Å². The van der Waals surface area contributed by atoms with E-state index in [1.165, 1.54) is 12.1 Å². The lowest BCUT2D eigenvalue weighted by atomic mass is 9.95. The van der Waals surface area contributed by atoms with Gasteiger partial charge in [-0.15, -0.1) is 0 Å². The first kappa shape index (κ1) is 19.0. The number of hydrogen-bond donors (Lipinski definition) is 1. The molecular weight excluding hydrogens is 373 g/mol. The van der Waals surface area contributed by atoms with Crippen molar-refractivity contribution in [3.05, 3.63) is 59.8 Å². The summed E-state index contributed by atoms with van der Waals surface area (Å²) in [5.74, 6) is 1.52. The molecule has 1 N–H and O–H groups in total. The Bertz CT molecular complexity index is 981. The van der Waals surface area contributed by atoms with Crippen LogP contribution in [0.15, 0.2) is 47.1 Å². The quantitative estimate of drug-likeness (QED) is 0.715. The lowest BCUT2D eigenvalue weighted by Crippen LogP contribution is -2.40. The van der Waals surface area contributed by atoms with Gasteiger partial charge in [-0.3, -0.25) is 4.79 Å². The largest absolute Gasteiger partial charge is 0.356 e. The van der Waals surface area contributed by atoms with Crippen molar-refractivity contribution in [1.29, 1.82) is 0 Å².